The molecule has 0 aliphatic rings. The van der Waals surface area contributed by atoms with E-state index >= 15 is 0 Å². The van der Waals surface area contributed by atoms with E-state index in [1.54, 1.807) is 6.21 Å². The van der Waals surface area contributed by atoms with Crippen molar-refractivity contribution in [2.45, 2.75) is 33.0 Å². The third-order valence-electron chi connectivity index (χ3n) is 0.913. The maximum absolute atomic E-state index is 4.37. The normalized spacial score (nSPS) is 14.5. The van der Waals surface area contributed by atoms with E-state index in [-0.39, 0.29) is 5.28 Å². The van der Waals surface area contributed by atoms with Gasteiger partial charge in [-0.2, -0.15) is 0 Å². The molecule has 72 valence electrons. The highest BCUT2D eigenvalue weighted by molar-refractivity contribution is 7.45. The van der Waals surface area contributed by atoms with Crippen LogP contribution < -0.4 is 0 Å². The fourth-order valence-electron chi connectivity index (χ4n) is 0.394. The average molecular weight is 233 g/mol. The summed E-state index contributed by atoms with van der Waals surface area (Å²) in [5.41, 5.74) is 0. The molecule has 0 saturated carbocycles. The maximum Gasteiger partial charge on any atom is 0.149 e. The first-order valence-electron chi connectivity index (χ1n) is 3.92. The van der Waals surface area contributed by atoms with Crippen LogP contribution in [0.2, 0.25) is 0 Å². The SMILES string of the molecule is CC=NP=NC(C)(C)P=NP=CC. The lowest BCUT2D eigenvalue weighted by Gasteiger charge is -2.08. The van der Waals surface area contributed by atoms with Crippen molar-refractivity contribution in [1.82, 2.24) is 0 Å². The third-order valence-corrected chi connectivity index (χ3v) is 3.59. The molecule has 0 aliphatic heterocycles. The predicted molar refractivity (Wildman–Crippen MR) is 65.6 cm³/mol. The van der Waals surface area contributed by atoms with Gasteiger partial charge in [-0.1, -0.05) is 0 Å². The summed E-state index contributed by atoms with van der Waals surface area (Å²) in [6, 6.07) is 0. The summed E-state index contributed by atoms with van der Waals surface area (Å²) in [7, 11) is 2.79. The lowest BCUT2D eigenvalue weighted by atomic mass is 10.4. The highest BCUT2D eigenvalue weighted by Gasteiger charge is 2.12. The van der Waals surface area contributed by atoms with Crippen LogP contribution >= 0.6 is 25.3 Å². The van der Waals surface area contributed by atoms with Crippen LogP contribution in [0.25, 0.3) is 0 Å². The topological polar surface area (TPSA) is 37.1 Å². The summed E-state index contributed by atoms with van der Waals surface area (Å²) in [5, 5.41) is -0.121. The van der Waals surface area contributed by atoms with Crippen molar-refractivity contribution >= 4 is 37.3 Å². The Morgan fingerprint density at radius 1 is 1.23 bits per heavy atom. The summed E-state index contributed by atoms with van der Waals surface area (Å²) in [5.74, 6) is 2.00. The molecule has 0 fully saturated rings. The molecule has 3 nitrogen and oxygen atoms in total. The zero-order valence-corrected chi connectivity index (χ0v) is 11.0. The smallest absolute Gasteiger partial charge is 0.149 e. The van der Waals surface area contributed by atoms with Crippen molar-refractivity contribution in [3.05, 3.63) is 0 Å². The number of hydrogen-bond donors (Lipinski definition) is 0. The minimum Gasteiger partial charge on any atom is -0.229 e. The van der Waals surface area contributed by atoms with Gasteiger partial charge in [-0.05, 0) is 33.5 Å². The summed E-state index contributed by atoms with van der Waals surface area (Å²) in [6.07, 6.45) is 1.76. The van der Waals surface area contributed by atoms with Gasteiger partial charge in [0.1, 0.15) is 13.8 Å². The van der Waals surface area contributed by atoms with Crippen molar-refractivity contribution < 1.29 is 0 Å². The van der Waals surface area contributed by atoms with Crippen LogP contribution in [0.4, 0.5) is 0 Å². The molecule has 0 radical (unpaired) electrons. The summed E-state index contributed by atoms with van der Waals surface area (Å²) < 4.78 is 12.7. The zero-order valence-electron chi connectivity index (χ0n) is 8.34. The molecule has 0 amide bonds. The molecule has 0 bridgehead atoms. The molecule has 13 heavy (non-hydrogen) atoms. The van der Waals surface area contributed by atoms with Crippen molar-refractivity contribution in [2.24, 2.45) is 14.0 Å². The minimum absolute atomic E-state index is 0.121. The molecule has 0 unspecified atom stereocenters. The monoisotopic (exact) mass is 233 g/mol. The standard InChI is InChI=1S/C7H14N3P3/c1-5-8-13-9-7(3,4)12-10-11-6-2/h5-6H,1-4H3. The Kier molecular flexibility index (Phi) is 7.47. The Balaban J connectivity index is 4.22. The Morgan fingerprint density at radius 2 is 1.92 bits per heavy atom. The van der Waals surface area contributed by atoms with E-state index in [9.17, 15) is 0 Å². The van der Waals surface area contributed by atoms with Crippen LogP contribution in [-0.2, 0) is 0 Å². The van der Waals surface area contributed by atoms with Crippen LogP contribution in [-0.4, -0.2) is 17.3 Å². The van der Waals surface area contributed by atoms with Crippen LogP contribution in [0, 0.1) is 0 Å². The number of hydrogen-bond acceptors (Lipinski definition) is 2. The average Bonchev–Trinajstić information content (AvgIpc) is 2.05. The van der Waals surface area contributed by atoms with Gasteiger partial charge in [0.25, 0.3) is 0 Å². The molecule has 0 N–H and O–H groups in total. The molecule has 0 aromatic rings. The van der Waals surface area contributed by atoms with Crippen LogP contribution in [0.3, 0.4) is 0 Å². The fraction of sp³-hybridized carbons (Fsp3) is 0.714. The molecule has 0 aliphatic carbocycles. The fourth-order valence-corrected chi connectivity index (χ4v) is 2.54. The van der Waals surface area contributed by atoms with E-state index < -0.39 is 0 Å². The van der Waals surface area contributed by atoms with Crippen molar-refractivity contribution in [1.29, 1.82) is 0 Å². The Labute approximate surface area is 84.7 Å². The van der Waals surface area contributed by atoms with Gasteiger partial charge in [-0.3, -0.25) is 0 Å². The van der Waals surface area contributed by atoms with Crippen LogP contribution in [0.1, 0.15) is 27.7 Å². The van der Waals surface area contributed by atoms with Gasteiger partial charge in [0.05, 0.1) is 0 Å². The molecule has 6 heteroatoms. The largest absolute Gasteiger partial charge is 0.229 e. The first kappa shape index (κ1) is 13.0. The van der Waals surface area contributed by atoms with Crippen LogP contribution in [0.15, 0.2) is 14.0 Å². The zero-order chi connectivity index (χ0) is 10.2. The van der Waals surface area contributed by atoms with Gasteiger partial charge in [-0.25, -0.2) is 14.0 Å². The van der Waals surface area contributed by atoms with Crippen molar-refractivity contribution in [3.63, 3.8) is 0 Å². The first-order chi connectivity index (χ1) is 6.12. The molecule has 0 heterocycles. The maximum atomic E-state index is 4.37. The second-order valence-corrected chi connectivity index (χ2v) is 5.99. The van der Waals surface area contributed by atoms with E-state index in [4.69, 9.17) is 0 Å². The highest BCUT2D eigenvalue weighted by atomic mass is 31.1. The molecular weight excluding hydrogens is 219 g/mol. The van der Waals surface area contributed by atoms with E-state index in [2.05, 4.69) is 27.9 Å². The van der Waals surface area contributed by atoms with Crippen molar-refractivity contribution in [2.75, 3.05) is 0 Å². The minimum atomic E-state index is -0.121. The van der Waals surface area contributed by atoms with Crippen LogP contribution in [0.5, 0.6) is 0 Å². The van der Waals surface area contributed by atoms with Gasteiger partial charge in [0.15, 0.2) is 0 Å². The molecule has 0 aromatic carbocycles. The van der Waals surface area contributed by atoms with Gasteiger partial charge >= 0.3 is 0 Å². The molecule has 0 spiro atoms. The number of rotatable bonds is 4. The molecular formula is C7H14N3P3. The Morgan fingerprint density at radius 3 is 2.46 bits per heavy atom. The highest BCUT2D eigenvalue weighted by Crippen LogP contribution is 2.31. The van der Waals surface area contributed by atoms with E-state index in [1.807, 2.05) is 19.6 Å². The number of nitrogens with zero attached hydrogens (tertiary/aromatic N) is 3. The Hall–Kier alpha value is 0.0400. The third kappa shape index (κ3) is 8.37. The van der Waals surface area contributed by atoms with Gasteiger partial charge in [0, 0.05) is 22.9 Å². The molecule has 0 atom stereocenters. The quantitative estimate of drug-likeness (QED) is 0.499. The summed E-state index contributed by atoms with van der Waals surface area (Å²) in [4.78, 5) is 0. The molecule has 0 rings (SSSR count). The predicted octanol–water partition coefficient (Wildman–Crippen LogP) is 4.67. The lowest BCUT2D eigenvalue weighted by molar-refractivity contribution is 0.770. The van der Waals surface area contributed by atoms with Gasteiger partial charge < -0.3 is 0 Å². The molecule has 0 saturated heterocycles. The van der Waals surface area contributed by atoms with Crippen molar-refractivity contribution in [3.8, 4) is 0 Å². The van der Waals surface area contributed by atoms with Gasteiger partial charge in [0.2, 0.25) is 0 Å². The second-order valence-electron chi connectivity index (χ2n) is 2.62. The summed E-state index contributed by atoms with van der Waals surface area (Å²) in [6.45, 7) is 8.00. The lowest BCUT2D eigenvalue weighted by Crippen LogP contribution is -2.02. The van der Waals surface area contributed by atoms with E-state index in [1.165, 1.54) is 0 Å². The molecule has 0 aromatic heterocycles. The Bertz CT molecular complexity index is 219. The second kappa shape index (κ2) is 7.44. The van der Waals surface area contributed by atoms with E-state index in [0.29, 0.717) is 0 Å². The van der Waals surface area contributed by atoms with E-state index in [0.717, 1.165) is 25.3 Å². The summed E-state index contributed by atoms with van der Waals surface area (Å²) >= 11 is 0. The first-order valence-corrected chi connectivity index (χ1v) is 6.48. The van der Waals surface area contributed by atoms with Gasteiger partial charge in [-0.15, -0.1) is 0 Å².